The van der Waals surface area contributed by atoms with E-state index in [9.17, 15) is 4.79 Å². The number of furan rings is 1. The van der Waals surface area contributed by atoms with Gasteiger partial charge in [-0.25, -0.2) is 0 Å². The van der Waals surface area contributed by atoms with Crippen molar-refractivity contribution < 1.29 is 13.9 Å². The highest BCUT2D eigenvalue weighted by molar-refractivity contribution is 5.94. The molecule has 2 aromatic carbocycles. The number of hydrogen-bond donors (Lipinski definition) is 1. The average Bonchev–Trinajstić information content (AvgIpc) is 3.21. The van der Waals surface area contributed by atoms with E-state index in [1.165, 1.54) is 0 Å². The topological polar surface area (TPSA) is 51.5 Å². The maximum Gasteiger partial charge on any atom is 0.251 e. The number of amides is 1. The molecule has 0 aliphatic heterocycles. The van der Waals surface area contributed by atoms with Crippen LogP contribution in [0.15, 0.2) is 71.3 Å². The van der Waals surface area contributed by atoms with Crippen molar-refractivity contribution in [3.8, 4) is 16.9 Å². The normalized spacial score (nSPS) is 10.5. The van der Waals surface area contributed by atoms with Gasteiger partial charge in [0.25, 0.3) is 5.91 Å². The zero-order valence-corrected chi connectivity index (χ0v) is 14.9. The molecule has 0 aliphatic carbocycles. The molecule has 0 saturated heterocycles. The minimum absolute atomic E-state index is 0.118. The fourth-order valence-corrected chi connectivity index (χ4v) is 2.57. The molecule has 0 spiro atoms. The lowest BCUT2D eigenvalue weighted by Crippen LogP contribution is -2.22. The molecule has 4 heteroatoms. The minimum Gasteiger partial charge on any atom is -0.494 e. The second kappa shape index (κ2) is 8.90. The van der Waals surface area contributed by atoms with Crippen molar-refractivity contribution in [1.82, 2.24) is 5.32 Å². The molecule has 0 aliphatic rings. The van der Waals surface area contributed by atoms with Crippen molar-refractivity contribution >= 4 is 5.91 Å². The molecule has 26 heavy (non-hydrogen) atoms. The van der Waals surface area contributed by atoms with E-state index >= 15 is 0 Å². The lowest BCUT2D eigenvalue weighted by molar-refractivity contribution is 0.0948. The summed E-state index contributed by atoms with van der Waals surface area (Å²) >= 11 is 0. The Morgan fingerprint density at radius 2 is 1.69 bits per heavy atom. The summed E-state index contributed by atoms with van der Waals surface area (Å²) < 4.78 is 10.9. The number of rotatable bonds is 8. The Bertz CT molecular complexity index is 806. The van der Waals surface area contributed by atoms with Crippen LogP contribution in [-0.2, 0) is 6.54 Å². The highest BCUT2D eigenvalue weighted by atomic mass is 16.5. The predicted octanol–water partition coefficient (Wildman–Crippen LogP) is 5.06. The Morgan fingerprint density at radius 3 is 2.31 bits per heavy atom. The first kappa shape index (κ1) is 17.8. The molecular formula is C22H23NO3. The Labute approximate surface area is 153 Å². The van der Waals surface area contributed by atoms with Gasteiger partial charge in [0.1, 0.15) is 11.5 Å². The van der Waals surface area contributed by atoms with E-state index in [1.807, 2.05) is 54.6 Å². The van der Waals surface area contributed by atoms with Gasteiger partial charge in [-0.3, -0.25) is 4.79 Å². The number of carbonyl (C=O) groups excluding carboxylic acids is 1. The van der Waals surface area contributed by atoms with Gasteiger partial charge in [-0.2, -0.15) is 0 Å². The number of nitrogens with one attached hydrogen (secondary N) is 1. The van der Waals surface area contributed by atoms with Gasteiger partial charge in [0.05, 0.1) is 19.4 Å². The smallest absolute Gasteiger partial charge is 0.251 e. The molecule has 1 aromatic heterocycles. The first-order chi connectivity index (χ1) is 12.8. The summed E-state index contributed by atoms with van der Waals surface area (Å²) in [6.07, 6.45) is 3.78. The number of hydrogen-bond acceptors (Lipinski definition) is 3. The van der Waals surface area contributed by atoms with E-state index in [0.717, 1.165) is 42.1 Å². The predicted molar refractivity (Wildman–Crippen MR) is 102 cm³/mol. The van der Waals surface area contributed by atoms with E-state index in [-0.39, 0.29) is 5.91 Å². The number of ether oxygens (including phenoxy) is 1. The van der Waals surface area contributed by atoms with Gasteiger partial charge in [-0.05, 0) is 53.9 Å². The Morgan fingerprint density at radius 1 is 1.00 bits per heavy atom. The van der Waals surface area contributed by atoms with Crippen LogP contribution in [0.4, 0.5) is 0 Å². The minimum atomic E-state index is -0.118. The van der Waals surface area contributed by atoms with Gasteiger partial charge in [0.2, 0.25) is 0 Å². The molecule has 0 unspecified atom stereocenters. The van der Waals surface area contributed by atoms with Crippen molar-refractivity contribution in [2.75, 3.05) is 6.61 Å². The molecule has 3 aromatic rings. The van der Waals surface area contributed by atoms with Gasteiger partial charge in [0, 0.05) is 5.56 Å². The zero-order chi connectivity index (χ0) is 18.2. The standard InChI is InChI=1S/C22H23NO3/c1-2-3-14-25-20-12-10-18(11-13-20)17-6-8-19(9-7-17)22(24)23-16-21-5-4-15-26-21/h4-13,15H,2-3,14,16H2,1H3,(H,23,24). The fraction of sp³-hybridized carbons (Fsp3) is 0.227. The zero-order valence-electron chi connectivity index (χ0n) is 14.9. The SMILES string of the molecule is CCCCOc1ccc(-c2ccc(C(=O)NCc3ccco3)cc2)cc1. The van der Waals surface area contributed by atoms with E-state index in [0.29, 0.717) is 12.1 Å². The van der Waals surface area contributed by atoms with Gasteiger partial charge >= 0.3 is 0 Å². The molecule has 0 bridgehead atoms. The maximum absolute atomic E-state index is 12.2. The van der Waals surface area contributed by atoms with Crippen LogP contribution in [0, 0.1) is 0 Å². The third-order valence-electron chi connectivity index (χ3n) is 4.10. The highest BCUT2D eigenvalue weighted by Crippen LogP contribution is 2.23. The molecule has 134 valence electrons. The number of carbonyl (C=O) groups is 1. The molecule has 0 radical (unpaired) electrons. The van der Waals surface area contributed by atoms with Crippen LogP contribution >= 0.6 is 0 Å². The van der Waals surface area contributed by atoms with Crippen LogP contribution in [0.1, 0.15) is 35.9 Å². The van der Waals surface area contributed by atoms with Crippen molar-refractivity contribution in [3.05, 3.63) is 78.3 Å². The fourth-order valence-electron chi connectivity index (χ4n) is 2.57. The van der Waals surface area contributed by atoms with Crippen LogP contribution in [0.25, 0.3) is 11.1 Å². The summed E-state index contributed by atoms with van der Waals surface area (Å²) in [5.74, 6) is 1.50. The molecular weight excluding hydrogens is 326 g/mol. The lowest BCUT2D eigenvalue weighted by Gasteiger charge is -2.08. The second-order valence-corrected chi connectivity index (χ2v) is 6.07. The Balaban J connectivity index is 1.59. The Kier molecular flexibility index (Phi) is 6.09. The van der Waals surface area contributed by atoms with Crippen molar-refractivity contribution in [1.29, 1.82) is 0 Å². The van der Waals surface area contributed by atoms with Crippen molar-refractivity contribution in [2.24, 2.45) is 0 Å². The Hall–Kier alpha value is -3.01. The van der Waals surface area contributed by atoms with Crippen LogP contribution in [-0.4, -0.2) is 12.5 Å². The van der Waals surface area contributed by atoms with Gasteiger partial charge in [0.15, 0.2) is 0 Å². The van der Waals surface area contributed by atoms with Crippen molar-refractivity contribution in [3.63, 3.8) is 0 Å². The van der Waals surface area contributed by atoms with E-state index < -0.39 is 0 Å². The summed E-state index contributed by atoms with van der Waals surface area (Å²) in [4.78, 5) is 12.2. The summed E-state index contributed by atoms with van der Waals surface area (Å²) in [6, 6.07) is 19.2. The summed E-state index contributed by atoms with van der Waals surface area (Å²) in [7, 11) is 0. The molecule has 0 saturated carbocycles. The third kappa shape index (κ3) is 4.76. The molecule has 1 N–H and O–H groups in total. The third-order valence-corrected chi connectivity index (χ3v) is 4.10. The quantitative estimate of drug-likeness (QED) is 0.579. The highest BCUT2D eigenvalue weighted by Gasteiger charge is 2.07. The van der Waals surface area contributed by atoms with E-state index in [4.69, 9.17) is 9.15 Å². The monoisotopic (exact) mass is 349 g/mol. The molecule has 3 rings (SSSR count). The van der Waals surface area contributed by atoms with Gasteiger partial charge < -0.3 is 14.5 Å². The largest absolute Gasteiger partial charge is 0.494 e. The average molecular weight is 349 g/mol. The van der Waals surface area contributed by atoms with Gasteiger partial charge in [-0.15, -0.1) is 0 Å². The number of benzene rings is 2. The van der Waals surface area contributed by atoms with Crippen LogP contribution in [0.3, 0.4) is 0 Å². The molecule has 1 amide bonds. The summed E-state index contributed by atoms with van der Waals surface area (Å²) in [6.45, 7) is 3.28. The van der Waals surface area contributed by atoms with E-state index in [1.54, 1.807) is 12.3 Å². The van der Waals surface area contributed by atoms with Crippen molar-refractivity contribution in [2.45, 2.75) is 26.3 Å². The van der Waals surface area contributed by atoms with Gasteiger partial charge in [-0.1, -0.05) is 37.6 Å². The van der Waals surface area contributed by atoms with Crippen LogP contribution < -0.4 is 10.1 Å². The van der Waals surface area contributed by atoms with Crippen LogP contribution in [0.2, 0.25) is 0 Å². The molecule has 4 nitrogen and oxygen atoms in total. The molecule has 1 heterocycles. The second-order valence-electron chi connectivity index (χ2n) is 6.07. The summed E-state index contributed by atoms with van der Waals surface area (Å²) in [5.41, 5.74) is 2.78. The lowest BCUT2D eigenvalue weighted by atomic mass is 10.0. The van der Waals surface area contributed by atoms with Crippen LogP contribution in [0.5, 0.6) is 5.75 Å². The summed E-state index contributed by atoms with van der Waals surface area (Å²) in [5, 5.41) is 2.84. The first-order valence-corrected chi connectivity index (χ1v) is 8.90. The molecule has 0 fully saturated rings. The maximum atomic E-state index is 12.2. The number of unbranched alkanes of at least 4 members (excludes halogenated alkanes) is 1. The van der Waals surface area contributed by atoms with E-state index in [2.05, 4.69) is 12.2 Å². The molecule has 0 atom stereocenters. The first-order valence-electron chi connectivity index (χ1n) is 8.90.